The molecule has 0 amide bonds. The van der Waals surface area contributed by atoms with E-state index in [2.05, 4.69) is 20.5 Å². The van der Waals surface area contributed by atoms with Gasteiger partial charge >= 0.3 is 11.4 Å². The Morgan fingerprint density at radius 1 is 0.946 bits per heavy atom. The second-order valence-corrected chi connectivity index (χ2v) is 15.5. The van der Waals surface area contributed by atoms with Gasteiger partial charge in [-0.15, -0.1) is 0 Å². The molecule has 0 aliphatic carbocycles. The fourth-order valence-electron chi connectivity index (χ4n) is 5.67. The summed E-state index contributed by atoms with van der Waals surface area (Å²) < 4.78 is 59.0. The minimum Gasteiger partial charge on any atom is -0.756 e. The zero-order chi connectivity index (χ0) is 40.8. The minimum atomic E-state index is -5.38. The number of aromatic amines is 2. The van der Waals surface area contributed by atoms with E-state index in [0.29, 0.717) is 5.69 Å². The van der Waals surface area contributed by atoms with Crippen LogP contribution in [0.1, 0.15) is 42.8 Å². The number of para-hydroxylation sites is 1. The first kappa shape index (κ1) is 43.2. The van der Waals surface area contributed by atoms with Crippen LogP contribution in [0, 0.1) is 13.8 Å². The summed E-state index contributed by atoms with van der Waals surface area (Å²) in [5.41, 5.74) is 0.644. The van der Waals surface area contributed by atoms with Gasteiger partial charge in [0.1, 0.15) is 30.8 Å². The van der Waals surface area contributed by atoms with E-state index in [9.17, 15) is 53.4 Å². The van der Waals surface area contributed by atoms with Crippen molar-refractivity contribution in [3.8, 4) is 0 Å². The number of nitrogens with one attached hydrogen (secondary N) is 3. The molecule has 2 saturated heterocycles. The molecular formula is C31H40N6O17P2-2. The molecule has 4 heterocycles. The normalized spacial score (nSPS) is 25.8. The summed E-state index contributed by atoms with van der Waals surface area (Å²) in [7, 11) is -10.7. The Hall–Kier alpha value is -3.93. The first-order chi connectivity index (χ1) is 26.4. The molecule has 308 valence electrons. The highest BCUT2D eigenvalue weighted by atomic mass is 31.2. The van der Waals surface area contributed by atoms with Crippen molar-refractivity contribution < 1.29 is 61.8 Å². The number of phosphoric ester groups is 2. The summed E-state index contributed by atoms with van der Waals surface area (Å²) >= 11 is 0. The number of H-pyrrole nitrogens is 2. The Labute approximate surface area is 316 Å². The van der Waals surface area contributed by atoms with E-state index >= 15 is 0 Å². The van der Waals surface area contributed by atoms with Crippen molar-refractivity contribution in [2.75, 3.05) is 25.2 Å². The smallest absolute Gasteiger partial charge is 0.330 e. The molecule has 3 aromatic rings. The van der Waals surface area contributed by atoms with Gasteiger partial charge < -0.3 is 52.7 Å². The van der Waals surface area contributed by atoms with Crippen molar-refractivity contribution in [2.24, 2.45) is 5.10 Å². The molecule has 0 bridgehead atoms. The Morgan fingerprint density at radius 3 is 2.14 bits per heavy atom. The second-order valence-electron chi connectivity index (χ2n) is 12.8. The monoisotopic (exact) mass is 830 g/mol. The third-order valence-corrected chi connectivity index (χ3v) is 10.6. The molecule has 56 heavy (non-hydrogen) atoms. The summed E-state index contributed by atoms with van der Waals surface area (Å²) in [6.45, 7) is 0.231. The number of rotatable bonds is 18. The summed E-state index contributed by atoms with van der Waals surface area (Å²) in [6.07, 6.45) is -8.60. The number of benzene rings is 1. The van der Waals surface area contributed by atoms with Gasteiger partial charge in [-0.2, -0.15) is 5.10 Å². The molecule has 0 spiro atoms. The second kappa shape index (κ2) is 18.6. The van der Waals surface area contributed by atoms with Crippen molar-refractivity contribution in [3.05, 3.63) is 95.5 Å². The van der Waals surface area contributed by atoms with E-state index in [-0.39, 0.29) is 24.0 Å². The number of phosphoric acid groups is 2. The van der Waals surface area contributed by atoms with Gasteiger partial charge in [-0.1, -0.05) is 18.2 Å². The van der Waals surface area contributed by atoms with Crippen molar-refractivity contribution in [2.45, 2.75) is 82.2 Å². The van der Waals surface area contributed by atoms with Gasteiger partial charge in [-0.3, -0.25) is 43.2 Å². The number of nitrogens with zero attached hydrogens (tertiary/aromatic N) is 3. The van der Waals surface area contributed by atoms with Gasteiger partial charge in [0.25, 0.3) is 26.8 Å². The van der Waals surface area contributed by atoms with Crippen LogP contribution < -0.4 is 37.7 Å². The average molecular weight is 831 g/mol. The van der Waals surface area contributed by atoms with Crippen LogP contribution in [0.4, 0.5) is 5.69 Å². The van der Waals surface area contributed by atoms with Gasteiger partial charge in [0.05, 0.1) is 43.8 Å². The summed E-state index contributed by atoms with van der Waals surface area (Å²) in [5.74, 6) is 0. The van der Waals surface area contributed by atoms with Crippen LogP contribution in [0.5, 0.6) is 0 Å². The van der Waals surface area contributed by atoms with E-state index in [1.54, 1.807) is 30.3 Å². The number of hydrazone groups is 1. The SMILES string of the molecule is Cc1cn([C@H]2C[C@H](OP(=O)([O-])OCC(O)C(C/C=N/Nc3ccccc3)OP(=O)([O-])OC[C@H]3O[C@@H](n4cc(C)c(=O)[nH]c4=O)C[C@@H]3O)[C@@H](CO)O2)c(=O)[nH]c1=O. The quantitative estimate of drug-likeness (QED) is 0.0469. The van der Waals surface area contributed by atoms with Crippen LogP contribution >= 0.6 is 15.6 Å². The Balaban J connectivity index is 1.22. The third kappa shape index (κ3) is 11.3. The molecule has 0 saturated carbocycles. The number of aromatic nitrogens is 4. The first-order valence-corrected chi connectivity index (χ1v) is 19.9. The number of aliphatic hydroxyl groups is 3. The predicted octanol–water partition coefficient (Wildman–Crippen LogP) is -1.78. The van der Waals surface area contributed by atoms with Crippen LogP contribution in [-0.4, -0.2) is 97.1 Å². The minimum absolute atomic E-state index is 0.157. The van der Waals surface area contributed by atoms with Crippen LogP contribution in [0.15, 0.2) is 67.0 Å². The topological polar surface area (TPSA) is 330 Å². The Kier molecular flexibility index (Phi) is 14.3. The highest BCUT2D eigenvalue weighted by Gasteiger charge is 2.40. The molecule has 6 N–H and O–H groups in total. The van der Waals surface area contributed by atoms with Gasteiger partial charge in [-0.25, -0.2) is 9.59 Å². The highest BCUT2D eigenvalue weighted by molar-refractivity contribution is 7.46. The highest BCUT2D eigenvalue weighted by Crippen LogP contribution is 2.46. The number of hydrogen-bond donors (Lipinski definition) is 6. The van der Waals surface area contributed by atoms with E-state index in [1.807, 2.05) is 0 Å². The number of aryl methyl sites for hydroxylation is 2. The van der Waals surface area contributed by atoms with Crippen LogP contribution in [0.2, 0.25) is 0 Å². The molecule has 2 aliphatic rings. The molecule has 2 aliphatic heterocycles. The molecule has 1 aromatic carbocycles. The van der Waals surface area contributed by atoms with Gasteiger partial charge in [0.15, 0.2) is 0 Å². The molecule has 23 nitrogen and oxygen atoms in total. The van der Waals surface area contributed by atoms with Crippen molar-refractivity contribution in [1.29, 1.82) is 0 Å². The fourth-order valence-corrected chi connectivity index (χ4v) is 7.57. The molecule has 2 fully saturated rings. The average Bonchev–Trinajstić information content (AvgIpc) is 3.72. The molecule has 25 heteroatoms. The maximum absolute atomic E-state index is 13.0. The number of aliphatic hydroxyl groups excluding tert-OH is 3. The van der Waals surface area contributed by atoms with Gasteiger partial charge in [0.2, 0.25) is 0 Å². The third-order valence-electron chi connectivity index (χ3n) is 8.63. The molecule has 2 aromatic heterocycles. The number of anilines is 1. The number of hydrogen-bond acceptors (Lipinski definition) is 19. The summed E-state index contributed by atoms with van der Waals surface area (Å²) in [5, 5.41) is 35.2. The van der Waals surface area contributed by atoms with Gasteiger partial charge in [0, 0.05) is 49.0 Å². The van der Waals surface area contributed by atoms with Crippen molar-refractivity contribution >= 4 is 27.5 Å². The van der Waals surface area contributed by atoms with Crippen LogP contribution in [-0.2, 0) is 36.7 Å². The summed E-state index contributed by atoms with van der Waals surface area (Å²) in [4.78, 5) is 78.2. The standard InChI is InChI=1S/C31H42N6O17P2/c1-17-12-36(30(43)33-28(17)41)26-10-20(39)25(52-26)16-50-56(47,48)53-22(8-9-32-35-19-6-4-3-5-7-19)21(40)15-49-55(45,46)54-23-11-27(51-24(23)14-38)37-13-18(2)29(42)34-31(37)44/h3-7,9,12-13,20-27,35,38-40H,8,10-11,14-16H2,1-2H3,(H,45,46)(H,47,48)(H,33,41,43)(H,34,42,44)/p-2/b32-9+/t20-,21?,22?,23-,24+,25+,26+,27+/m0/s1. The van der Waals surface area contributed by atoms with Crippen molar-refractivity contribution in [1.82, 2.24) is 19.1 Å². The molecular weight excluding hydrogens is 790 g/mol. The first-order valence-electron chi connectivity index (χ1n) is 17.0. The number of ether oxygens (including phenoxy) is 2. The van der Waals surface area contributed by atoms with Crippen molar-refractivity contribution in [3.63, 3.8) is 0 Å². The molecule has 10 atom stereocenters. The lowest BCUT2D eigenvalue weighted by atomic mass is 10.1. The largest absolute Gasteiger partial charge is 0.756 e. The molecule has 4 unspecified atom stereocenters. The lowest BCUT2D eigenvalue weighted by Gasteiger charge is -2.32. The zero-order valence-electron chi connectivity index (χ0n) is 29.8. The maximum Gasteiger partial charge on any atom is 0.330 e. The van der Waals surface area contributed by atoms with Crippen LogP contribution in [0.3, 0.4) is 0 Å². The lowest BCUT2D eigenvalue weighted by molar-refractivity contribution is -0.239. The van der Waals surface area contributed by atoms with E-state index in [4.69, 9.17) is 27.6 Å². The van der Waals surface area contributed by atoms with Gasteiger partial charge in [-0.05, 0) is 26.0 Å². The van der Waals surface area contributed by atoms with E-state index in [0.717, 1.165) is 15.3 Å². The lowest BCUT2D eigenvalue weighted by Crippen LogP contribution is -2.36. The van der Waals surface area contributed by atoms with E-state index < -0.39 is 113 Å². The zero-order valence-corrected chi connectivity index (χ0v) is 31.6. The van der Waals surface area contributed by atoms with E-state index in [1.165, 1.54) is 26.2 Å². The molecule has 5 rings (SSSR count). The predicted molar refractivity (Wildman–Crippen MR) is 188 cm³/mol. The maximum atomic E-state index is 13.0. The van der Waals surface area contributed by atoms with Crippen LogP contribution in [0.25, 0.3) is 0 Å². The molecule has 0 radical (unpaired) electrons. The Bertz CT molecular complexity index is 2180. The Morgan fingerprint density at radius 2 is 1.54 bits per heavy atom. The fraction of sp³-hybridized carbons (Fsp3) is 0.516. The summed E-state index contributed by atoms with van der Waals surface area (Å²) in [6, 6.07) is 8.55.